The molecule has 0 aromatic heterocycles. The number of hydrogen-bond donors (Lipinski definition) is 0. The van der Waals surface area contributed by atoms with Crippen LogP contribution in [0.5, 0.6) is 0 Å². The molecule has 4 heteroatoms. The van der Waals surface area contributed by atoms with Gasteiger partial charge in [0.2, 0.25) is 0 Å². The van der Waals surface area contributed by atoms with E-state index in [1.165, 1.54) is 0 Å². The summed E-state index contributed by atoms with van der Waals surface area (Å²) in [6.07, 6.45) is 1.39. The Morgan fingerprint density at radius 1 is 1.11 bits per heavy atom. The third kappa shape index (κ3) is 3.95. The second-order valence-corrected chi connectivity index (χ2v) is 7.16. The second kappa shape index (κ2) is 8.04. The van der Waals surface area contributed by atoms with Gasteiger partial charge in [0.15, 0.2) is 0 Å². The summed E-state index contributed by atoms with van der Waals surface area (Å²) in [5.74, 6) is 0. The molecule has 3 nitrogen and oxygen atoms in total. The fourth-order valence-corrected chi connectivity index (χ4v) is 5.32. The molecule has 0 aliphatic rings. The van der Waals surface area contributed by atoms with Gasteiger partial charge in [0.1, 0.15) is 0 Å². The van der Waals surface area contributed by atoms with Gasteiger partial charge in [0.05, 0.1) is 6.07 Å². The van der Waals surface area contributed by atoms with Gasteiger partial charge in [-0.25, -0.2) is 0 Å². The zero-order valence-electron chi connectivity index (χ0n) is 11.2. The van der Waals surface area contributed by atoms with E-state index in [2.05, 4.69) is 18.2 Å². The van der Waals surface area contributed by atoms with E-state index in [1.54, 1.807) is 0 Å². The zero-order valence-corrected chi connectivity index (χ0v) is 12.2. The van der Waals surface area contributed by atoms with Crippen LogP contribution in [0.25, 0.3) is 0 Å². The van der Waals surface area contributed by atoms with Gasteiger partial charge in [-0.05, 0) is 31.5 Å². The lowest BCUT2D eigenvalue weighted by Crippen LogP contribution is -2.53. The quantitative estimate of drug-likeness (QED) is 0.535. The van der Waals surface area contributed by atoms with Crippen molar-refractivity contribution in [3.63, 3.8) is 0 Å². The van der Waals surface area contributed by atoms with Gasteiger partial charge in [-0.3, -0.25) is 0 Å². The Balaban J connectivity index is 2.93. The van der Waals surface area contributed by atoms with Crippen molar-refractivity contribution in [1.82, 2.24) is 0 Å². The van der Waals surface area contributed by atoms with Crippen molar-refractivity contribution in [3.8, 4) is 6.07 Å². The van der Waals surface area contributed by atoms with Crippen molar-refractivity contribution in [2.45, 2.75) is 32.7 Å². The molecule has 1 rings (SSSR count). The Morgan fingerprint density at radius 3 is 2.22 bits per heavy atom. The molecule has 0 fully saturated rings. The van der Waals surface area contributed by atoms with Gasteiger partial charge in [-0.1, -0.05) is 30.3 Å². The van der Waals surface area contributed by atoms with Crippen molar-refractivity contribution >= 4 is 13.7 Å². The normalized spacial score (nSPS) is 11.2. The molecule has 0 unspecified atom stereocenters. The summed E-state index contributed by atoms with van der Waals surface area (Å²) in [6, 6.07) is 13.2. The average Bonchev–Trinajstić information content (AvgIpc) is 2.40. The first-order chi connectivity index (χ1) is 8.79. The summed E-state index contributed by atoms with van der Waals surface area (Å²) in [6.45, 7) is 5.28. The van der Waals surface area contributed by atoms with Crippen LogP contribution in [0.3, 0.4) is 0 Å². The number of unbranched alkanes of at least 4 members (excludes halogenated alkanes) is 1. The zero-order chi connectivity index (χ0) is 13.3. The van der Waals surface area contributed by atoms with Gasteiger partial charge in [-0.2, -0.15) is 5.26 Å². The minimum absolute atomic E-state index is 0.557. The SMILES string of the molecule is CCO[Si](CCCC#N)(OCC)c1ccccc1. The molecule has 0 atom stereocenters. The fourth-order valence-electron chi connectivity index (χ4n) is 2.06. The molecular weight excluding hydrogens is 242 g/mol. The molecule has 0 amide bonds. The van der Waals surface area contributed by atoms with Gasteiger partial charge in [0.25, 0.3) is 0 Å². The van der Waals surface area contributed by atoms with Gasteiger partial charge >= 0.3 is 8.56 Å². The summed E-state index contributed by atoms with van der Waals surface area (Å²) < 4.78 is 12.0. The van der Waals surface area contributed by atoms with Gasteiger partial charge < -0.3 is 8.85 Å². The number of benzene rings is 1. The average molecular weight is 263 g/mol. The van der Waals surface area contributed by atoms with E-state index in [0.29, 0.717) is 19.6 Å². The highest BCUT2D eigenvalue weighted by molar-refractivity contribution is 6.81. The molecule has 98 valence electrons. The standard InChI is InChI=1S/C14H21NO2Si/c1-3-16-18(17-4-2,13-9-8-12-15)14-10-6-5-7-11-14/h5-7,10-11H,3-4,8-9,13H2,1-2H3. The highest BCUT2D eigenvalue weighted by Crippen LogP contribution is 2.17. The predicted molar refractivity (Wildman–Crippen MR) is 74.7 cm³/mol. The molecule has 0 heterocycles. The second-order valence-electron chi connectivity index (χ2n) is 4.00. The monoisotopic (exact) mass is 263 g/mol. The maximum absolute atomic E-state index is 8.68. The Labute approximate surface area is 111 Å². The third-order valence-corrected chi connectivity index (χ3v) is 6.50. The Hall–Kier alpha value is -1.15. The van der Waals surface area contributed by atoms with Crippen LogP contribution < -0.4 is 5.19 Å². The van der Waals surface area contributed by atoms with Crippen LogP contribution in [-0.2, 0) is 8.85 Å². The van der Waals surface area contributed by atoms with E-state index >= 15 is 0 Å². The predicted octanol–water partition coefficient (Wildman–Crippen LogP) is 2.71. The summed E-state index contributed by atoms with van der Waals surface area (Å²) in [5.41, 5.74) is 0. The molecule has 0 aliphatic heterocycles. The summed E-state index contributed by atoms with van der Waals surface area (Å²) in [4.78, 5) is 0. The molecular formula is C14H21NO2Si. The van der Waals surface area contributed by atoms with Crippen LogP contribution in [0.2, 0.25) is 6.04 Å². The van der Waals surface area contributed by atoms with Gasteiger partial charge in [0, 0.05) is 19.6 Å². The first-order valence-corrected chi connectivity index (χ1v) is 8.51. The topological polar surface area (TPSA) is 42.2 Å². The maximum Gasteiger partial charge on any atom is 0.372 e. The lowest BCUT2D eigenvalue weighted by atomic mass is 10.4. The van der Waals surface area contributed by atoms with E-state index in [0.717, 1.165) is 17.7 Å². The molecule has 0 radical (unpaired) electrons. The fraction of sp³-hybridized carbons (Fsp3) is 0.500. The maximum atomic E-state index is 8.68. The Bertz CT molecular complexity index is 369. The molecule has 1 aromatic rings. The summed E-state index contributed by atoms with van der Waals surface area (Å²) in [5, 5.41) is 9.84. The van der Waals surface area contributed by atoms with Crippen LogP contribution in [0.1, 0.15) is 26.7 Å². The van der Waals surface area contributed by atoms with Crippen LogP contribution in [0, 0.1) is 11.3 Å². The van der Waals surface area contributed by atoms with E-state index in [9.17, 15) is 0 Å². The lowest BCUT2D eigenvalue weighted by Gasteiger charge is -2.30. The van der Waals surface area contributed by atoms with Crippen molar-refractivity contribution in [3.05, 3.63) is 30.3 Å². The molecule has 0 aliphatic carbocycles. The van der Waals surface area contributed by atoms with E-state index in [-0.39, 0.29) is 0 Å². The van der Waals surface area contributed by atoms with E-state index < -0.39 is 8.56 Å². The molecule has 1 aromatic carbocycles. The first-order valence-electron chi connectivity index (χ1n) is 6.49. The lowest BCUT2D eigenvalue weighted by molar-refractivity contribution is 0.195. The van der Waals surface area contributed by atoms with Crippen molar-refractivity contribution in [2.75, 3.05) is 13.2 Å². The third-order valence-electron chi connectivity index (χ3n) is 2.76. The number of rotatable bonds is 8. The highest BCUT2D eigenvalue weighted by Gasteiger charge is 2.38. The summed E-state index contributed by atoms with van der Waals surface area (Å²) in [7, 11) is -2.36. The molecule has 0 saturated heterocycles. The van der Waals surface area contributed by atoms with Crippen LogP contribution in [-0.4, -0.2) is 21.8 Å². The first kappa shape index (κ1) is 14.9. The van der Waals surface area contributed by atoms with Crippen molar-refractivity contribution in [2.24, 2.45) is 0 Å². The Kier molecular flexibility index (Phi) is 6.66. The highest BCUT2D eigenvalue weighted by atomic mass is 28.4. The molecule has 0 saturated carbocycles. The minimum Gasteiger partial charge on any atom is -0.391 e. The van der Waals surface area contributed by atoms with Crippen LogP contribution >= 0.6 is 0 Å². The van der Waals surface area contributed by atoms with Crippen molar-refractivity contribution < 1.29 is 8.85 Å². The molecule has 0 N–H and O–H groups in total. The van der Waals surface area contributed by atoms with E-state index in [1.807, 2.05) is 32.0 Å². The van der Waals surface area contributed by atoms with Gasteiger partial charge in [-0.15, -0.1) is 0 Å². The van der Waals surface area contributed by atoms with Crippen LogP contribution in [0.15, 0.2) is 30.3 Å². The van der Waals surface area contributed by atoms with E-state index in [4.69, 9.17) is 14.1 Å². The molecule has 0 spiro atoms. The molecule has 0 bridgehead atoms. The largest absolute Gasteiger partial charge is 0.391 e. The minimum atomic E-state index is -2.36. The van der Waals surface area contributed by atoms with Crippen LogP contribution in [0.4, 0.5) is 0 Å². The Morgan fingerprint density at radius 2 is 1.72 bits per heavy atom. The smallest absolute Gasteiger partial charge is 0.372 e. The number of nitriles is 1. The number of nitrogens with zero attached hydrogens (tertiary/aromatic N) is 1. The van der Waals surface area contributed by atoms with Crippen molar-refractivity contribution in [1.29, 1.82) is 5.26 Å². The number of hydrogen-bond acceptors (Lipinski definition) is 3. The molecule has 18 heavy (non-hydrogen) atoms. The summed E-state index contributed by atoms with van der Waals surface area (Å²) >= 11 is 0.